The van der Waals surface area contributed by atoms with E-state index in [2.05, 4.69) is 167 Å². The SMILES string of the molecule is c1ccc(-c2ccc(N(c3ccccc3)c3cc4c(s3)c3ccccc3n4-c3cccc4ccccc34)cc2)cc1. The minimum absolute atomic E-state index is 1.14. The number of rotatable bonds is 5. The highest BCUT2D eigenvalue weighted by atomic mass is 32.1. The van der Waals surface area contributed by atoms with Gasteiger partial charge in [-0.1, -0.05) is 115 Å². The van der Waals surface area contributed by atoms with Gasteiger partial charge in [-0.15, -0.1) is 11.3 Å². The second-order valence-corrected chi connectivity index (χ2v) is 11.3. The zero-order valence-corrected chi connectivity index (χ0v) is 23.1. The summed E-state index contributed by atoms with van der Waals surface area (Å²) in [5, 5.41) is 4.96. The number of thiophene rings is 1. The lowest BCUT2D eigenvalue weighted by Crippen LogP contribution is -2.08. The van der Waals surface area contributed by atoms with Crippen molar-refractivity contribution in [2.45, 2.75) is 0 Å². The van der Waals surface area contributed by atoms with Crippen molar-refractivity contribution >= 4 is 59.6 Å². The molecule has 0 aliphatic rings. The van der Waals surface area contributed by atoms with Crippen LogP contribution in [0.4, 0.5) is 16.4 Å². The maximum absolute atomic E-state index is 2.44. The number of fused-ring (bicyclic) bond motifs is 4. The second-order valence-electron chi connectivity index (χ2n) is 10.2. The smallest absolute Gasteiger partial charge is 0.103 e. The first kappa shape index (κ1) is 23.7. The molecule has 0 radical (unpaired) electrons. The Labute approximate surface area is 243 Å². The number of anilines is 3. The first-order valence-corrected chi connectivity index (χ1v) is 14.7. The van der Waals surface area contributed by atoms with Crippen molar-refractivity contribution in [1.29, 1.82) is 0 Å². The normalized spacial score (nSPS) is 11.4. The molecule has 0 bridgehead atoms. The molecule has 8 aromatic rings. The molecule has 0 aliphatic heterocycles. The average molecular weight is 543 g/mol. The summed E-state index contributed by atoms with van der Waals surface area (Å²) in [4.78, 5) is 2.38. The van der Waals surface area contributed by atoms with Crippen molar-refractivity contribution in [2.24, 2.45) is 0 Å². The Balaban J connectivity index is 1.34. The Morgan fingerprint density at radius 2 is 1.07 bits per heavy atom. The molecule has 0 N–H and O–H groups in total. The van der Waals surface area contributed by atoms with Crippen LogP contribution in [0.25, 0.3) is 48.7 Å². The van der Waals surface area contributed by atoms with Crippen LogP contribution in [0.3, 0.4) is 0 Å². The number of hydrogen-bond donors (Lipinski definition) is 0. The molecule has 41 heavy (non-hydrogen) atoms. The molecular formula is C38H26N2S. The fourth-order valence-corrected chi connectivity index (χ4v) is 7.12. The van der Waals surface area contributed by atoms with Gasteiger partial charge in [-0.2, -0.15) is 0 Å². The molecule has 0 aliphatic carbocycles. The highest BCUT2D eigenvalue weighted by Crippen LogP contribution is 2.46. The third kappa shape index (κ3) is 4.02. The summed E-state index contributed by atoms with van der Waals surface area (Å²) in [5.41, 5.74) is 8.39. The summed E-state index contributed by atoms with van der Waals surface area (Å²) in [5.74, 6) is 0. The van der Waals surface area contributed by atoms with Crippen LogP contribution in [-0.4, -0.2) is 4.57 Å². The van der Waals surface area contributed by atoms with E-state index >= 15 is 0 Å². The number of aromatic nitrogens is 1. The highest BCUT2D eigenvalue weighted by Gasteiger charge is 2.21. The fraction of sp³-hybridized carbons (Fsp3) is 0. The molecule has 2 heterocycles. The Morgan fingerprint density at radius 1 is 0.463 bits per heavy atom. The molecule has 0 saturated heterocycles. The van der Waals surface area contributed by atoms with Crippen molar-refractivity contribution < 1.29 is 0 Å². The van der Waals surface area contributed by atoms with Crippen molar-refractivity contribution in [3.05, 3.63) is 158 Å². The van der Waals surface area contributed by atoms with Crippen LogP contribution in [0.1, 0.15) is 0 Å². The first-order chi connectivity index (χ1) is 20.3. The van der Waals surface area contributed by atoms with Gasteiger partial charge >= 0.3 is 0 Å². The molecular weight excluding hydrogens is 516 g/mol. The summed E-state index contributed by atoms with van der Waals surface area (Å²) >= 11 is 1.85. The van der Waals surface area contributed by atoms with Crippen LogP contribution in [0.15, 0.2) is 158 Å². The summed E-state index contributed by atoms with van der Waals surface area (Å²) < 4.78 is 3.74. The minimum atomic E-state index is 1.14. The topological polar surface area (TPSA) is 8.17 Å². The van der Waals surface area contributed by atoms with E-state index in [1.54, 1.807) is 0 Å². The summed E-state index contributed by atoms with van der Waals surface area (Å²) in [6.07, 6.45) is 0. The third-order valence-electron chi connectivity index (χ3n) is 7.80. The molecule has 0 fully saturated rings. The van der Waals surface area contributed by atoms with Gasteiger partial charge in [0.05, 0.1) is 21.4 Å². The van der Waals surface area contributed by atoms with Crippen molar-refractivity contribution in [3.63, 3.8) is 0 Å². The van der Waals surface area contributed by atoms with E-state index in [1.165, 1.54) is 53.7 Å². The van der Waals surface area contributed by atoms with E-state index in [1.807, 2.05) is 11.3 Å². The molecule has 2 aromatic heterocycles. The van der Waals surface area contributed by atoms with Gasteiger partial charge in [0.25, 0.3) is 0 Å². The predicted octanol–water partition coefficient (Wildman–Crippen LogP) is 11.1. The number of nitrogens with zero attached hydrogens (tertiary/aromatic N) is 2. The van der Waals surface area contributed by atoms with E-state index in [9.17, 15) is 0 Å². The lowest BCUT2D eigenvalue weighted by atomic mass is 10.1. The maximum Gasteiger partial charge on any atom is 0.103 e. The minimum Gasteiger partial charge on any atom is -0.308 e. The van der Waals surface area contributed by atoms with Gasteiger partial charge in [0, 0.05) is 22.1 Å². The van der Waals surface area contributed by atoms with Gasteiger partial charge in [0.1, 0.15) is 5.00 Å². The zero-order valence-electron chi connectivity index (χ0n) is 22.3. The lowest BCUT2D eigenvalue weighted by molar-refractivity contribution is 1.20. The fourth-order valence-electron chi connectivity index (χ4n) is 5.91. The highest BCUT2D eigenvalue weighted by molar-refractivity contribution is 7.24. The van der Waals surface area contributed by atoms with E-state index in [0.29, 0.717) is 0 Å². The Bertz CT molecular complexity index is 2130. The largest absolute Gasteiger partial charge is 0.308 e. The number of para-hydroxylation sites is 2. The van der Waals surface area contributed by atoms with Gasteiger partial charge in [-0.05, 0) is 59.0 Å². The molecule has 6 aromatic carbocycles. The molecule has 2 nitrogen and oxygen atoms in total. The Morgan fingerprint density at radius 3 is 1.88 bits per heavy atom. The van der Waals surface area contributed by atoms with Gasteiger partial charge < -0.3 is 9.47 Å². The van der Waals surface area contributed by atoms with Gasteiger partial charge in [-0.3, -0.25) is 0 Å². The van der Waals surface area contributed by atoms with Crippen LogP contribution >= 0.6 is 11.3 Å². The van der Waals surface area contributed by atoms with E-state index in [-0.39, 0.29) is 0 Å². The molecule has 0 spiro atoms. The number of benzene rings is 6. The lowest BCUT2D eigenvalue weighted by Gasteiger charge is -2.24. The second kappa shape index (κ2) is 9.81. The van der Waals surface area contributed by atoms with Crippen LogP contribution in [-0.2, 0) is 0 Å². The van der Waals surface area contributed by atoms with Gasteiger partial charge in [0.2, 0.25) is 0 Å². The van der Waals surface area contributed by atoms with Crippen LogP contribution in [0.2, 0.25) is 0 Å². The molecule has 0 unspecified atom stereocenters. The molecule has 194 valence electrons. The Hall–Kier alpha value is -5.12. The molecule has 0 atom stereocenters. The molecule has 0 saturated carbocycles. The van der Waals surface area contributed by atoms with Gasteiger partial charge in [-0.25, -0.2) is 0 Å². The van der Waals surface area contributed by atoms with Crippen molar-refractivity contribution in [1.82, 2.24) is 4.57 Å². The van der Waals surface area contributed by atoms with E-state index < -0.39 is 0 Å². The van der Waals surface area contributed by atoms with Crippen molar-refractivity contribution in [2.75, 3.05) is 4.90 Å². The van der Waals surface area contributed by atoms with Crippen LogP contribution < -0.4 is 4.90 Å². The quantitative estimate of drug-likeness (QED) is 0.210. The maximum atomic E-state index is 2.44. The monoisotopic (exact) mass is 542 g/mol. The van der Waals surface area contributed by atoms with Crippen LogP contribution in [0, 0.1) is 0 Å². The summed E-state index contributed by atoms with van der Waals surface area (Å²) in [6, 6.07) is 56.5. The van der Waals surface area contributed by atoms with E-state index in [0.717, 1.165) is 11.4 Å². The van der Waals surface area contributed by atoms with Crippen LogP contribution in [0.5, 0.6) is 0 Å². The Kier molecular flexibility index (Phi) is 5.68. The standard InChI is InChI=1S/C38H26N2S/c1-3-12-27(13-4-1)28-22-24-31(25-23-28)39(30-16-5-2-6-17-30)37-26-36-38(41-37)33-19-9-10-20-35(33)40(36)34-21-11-15-29-14-7-8-18-32(29)34/h1-26H. The van der Waals surface area contributed by atoms with E-state index in [4.69, 9.17) is 0 Å². The van der Waals surface area contributed by atoms with Gasteiger partial charge in [0.15, 0.2) is 0 Å². The zero-order chi connectivity index (χ0) is 27.2. The summed E-state index contributed by atoms with van der Waals surface area (Å²) in [6.45, 7) is 0. The molecule has 8 rings (SSSR count). The number of hydrogen-bond acceptors (Lipinski definition) is 2. The average Bonchev–Trinajstić information content (AvgIpc) is 3.59. The third-order valence-corrected chi connectivity index (χ3v) is 8.95. The molecule has 0 amide bonds. The van der Waals surface area contributed by atoms with Crippen molar-refractivity contribution in [3.8, 4) is 16.8 Å². The first-order valence-electron chi connectivity index (χ1n) is 13.9. The summed E-state index contributed by atoms with van der Waals surface area (Å²) in [7, 11) is 0. The predicted molar refractivity (Wildman–Crippen MR) is 176 cm³/mol. The molecule has 3 heteroatoms.